The highest BCUT2D eigenvalue weighted by Crippen LogP contribution is 2.33. The van der Waals surface area contributed by atoms with Crippen molar-refractivity contribution in [1.29, 1.82) is 0 Å². The van der Waals surface area contributed by atoms with Crippen LogP contribution in [0, 0.1) is 6.92 Å². The Hall–Kier alpha value is -0.530. The molecular formula is C9H7ClS. The number of aryl methyl sites for hydroxylation is 1. The summed E-state index contributed by atoms with van der Waals surface area (Å²) in [5.41, 5.74) is 0. The molecule has 0 unspecified atom stereocenters. The molecule has 0 amide bonds. The molecule has 0 aliphatic carbocycles. The molecule has 0 aliphatic heterocycles. The molecule has 0 atom stereocenters. The van der Waals surface area contributed by atoms with Gasteiger partial charge in [0.05, 0.1) is 0 Å². The Morgan fingerprint density at radius 2 is 1.82 bits per heavy atom. The van der Waals surface area contributed by atoms with Gasteiger partial charge in [0, 0.05) is 10.3 Å². The van der Waals surface area contributed by atoms with Gasteiger partial charge in [0.2, 0.25) is 0 Å². The third-order valence-electron chi connectivity index (χ3n) is 1.76. The number of thiophene rings is 1. The number of hydrogen-bond donors (Lipinski definition) is 0. The minimum atomic E-state index is 0.901. The van der Waals surface area contributed by atoms with Crippen molar-refractivity contribution < 1.29 is 0 Å². The first kappa shape index (κ1) is 7.14. The topological polar surface area (TPSA) is 0 Å². The highest BCUT2D eigenvalue weighted by molar-refractivity contribution is 7.18. The largest absolute Gasteiger partial charge is 0.127 e. The van der Waals surface area contributed by atoms with Crippen LogP contribution in [0.1, 0.15) is 4.88 Å². The summed E-state index contributed by atoms with van der Waals surface area (Å²) in [7, 11) is 0. The summed E-state index contributed by atoms with van der Waals surface area (Å²) in [6.45, 7) is 2.10. The predicted molar refractivity (Wildman–Crippen MR) is 51.6 cm³/mol. The van der Waals surface area contributed by atoms with E-state index in [0.29, 0.717) is 0 Å². The van der Waals surface area contributed by atoms with Crippen LogP contribution in [0.15, 0.2) is 24.3 Å². The zero-order valence-electron chi connectivity index (χ0n) is 6.10. The highest BCUT2D eigenvalue weighted by atomic mass is 35.5. The maximum Gasteiger partial charge on any atom is 0.101 e. The first-order valence-corrected chi connectivity index (χ1v) is 4.62. The summed E-state index contributed by atoms with van der Waals surface area (Å²) in [6.07, 6.45) is 0. The summed E-state index contributed by atoms with van der Waals surface area (Å²) in [6, 6.07) is 8.22. The van der Waals surface area contributed by atoms with E-state index in [1.165, 1.54) is 15.6 Å². The van der Waals surface area contributed by atoms with Gasteiger partial charge in [-0.25, -0.2) is 0 Å². The van der Waals surface area contributed by atoms with Gasteiger partial charge in [0.25, 0.3) is 0 Å². The van der Waals surface area contributed by atoms with E-state index in [-0.39, 0.29) is 0 Å². The maximum absolute atomic E-state index is 6.00. The van der Waals surface area contributed by atoms with Crippen LogP contribution in [0.4, 0.5) is 0 Å². The smallest absolute Gasteiger partial charge is 0.101 e. The predicted octanol–water partition coefficient (Wildman–Crippen LogP) is 3.86. The van der Waals surface area contributed by atoms with E-state index in [2.05, 4.69) is 19.1 Å². The molecule has 2 aromatic rings. The quantitative estimate of drug-likeness (QED) is 0.581. The Bertz CT molecular complexity index is 353. The summed E-state index contributed by atoms with van der Waals surface area (Å²) >= 11 is 7.64. The van der Waals surface area contributed by atoms with Crippen LogP contribution in [0.25, 0.3) is 10.8 Å². The summed E-state index contributed by atoms with van der Waals surface area (Å²) in [5, 5.41) is 2.46. The van der Waals surface area contributed by atoms with Crippen LogP contribution >= 0.6 is 22.9 Å². The summed E-state index contributed by atoms with van der Waals surface area (Å²) < 4.78 is 0.901. The average Bonchev–Trinajstić information content (AvgIpc) is 2.30. The molecule has 0 radical (unpaired) electrons. The molecule has 0 fully saturated rings. The van der Waals surface area contributed by atoms with Crippen LogP contribution in [0.3, 0.4) is 0 Å². The van der Waals surface area contributed by atoms with E-state index in [1.807, 2.05) is 12.1 Å². The number of halogens is 1. The van der Waals surface area contributed by atoms with Crippen molar-refractivity contribution in [3.63, 3.8) is 0 Å². The van der Waals surface area contributed by atoms with Crippen molar-refractivity contribution in [2.24, 2.45) is 0 Å². The molecule has 0 bridgehead atoms. The third kappa shape index (κ3) is 1.05. The fraction of sp³-hybridized carbons (Fsp3) is 0.111. The molecule has 0 saturated carbocycles. The lowest BCUT2D eigenvalue weighted by molar-refractivity contribution is 1.68. The van der Waals surface area contributed by atoms with Crippen LogP contribution in [-0.4, -0.2) is 0 Å². The molecule has 56 valence electrons. The Labute approximate surface area is 74.4 Å². The van der Waals surface area contributed by atoms with Gasteiger partial charge in [-0.3, -0.25) is 0 Å². The van der Waals surface area contributed by atoms with Gasteiger partial charge in [-0.15, -0.1) is 11.3 Å². The molecule has 2 rings (SSSR count). The summed E-state index contributed by atoms with van der Waals surface area (Å²) in [5.74, 6) is 0. The molecule has 2 heteroatoms. The second-order valence-corrected chi connectivity index (χ2v) is 4.30. The Balaban J connectivity index is 2.95. The van der Waals surface area contributed by atoms with Crippen molar-refractivity contribution in [2.75, 3.05) is 0 Å². The number of fused-ring (bicyclic) bond motifs is 1. The second-order valence-electron chi connectivity index (χ2n) is 2.48. The van der Waals surface area contributed by atoms with Crippen molar-refractivity contribution >= 4 is 33.7 Å². The van der Waals surface area contributed by atoms with Crippen LogP contribution < -0.4 is 0 Å². The zero-order chi connectivity index (χ0) is 7.84. The normalized spacial score (nSPS) is 10.7. The molecular weight excluding hydrogens is 176 g/mol. The number of benzene rings is 1. The molecule has 11 heavy (non-hydrogen) atoms. The van der Waals surface area contributed by atoms with Gasteiger partial charge < -0.3 is 0 Å². The van der Waals surface area contributed by atoms with Crippen LogP contribution in [-0.2, 0) is 0 Å². The molecule has 1 aromatic carbocycles. The SMILES string of the molecule is Cc1sc(Cl)c2ccccc12. The molecule has 1 heterocycles. The Kier molecular flexibility index (Phi) is 1.63. The number of rotatable bonds is 0. The number of hydrogen-bond acceptors (Lipinski definition) is 1. The molecule has 0 aliphatic rings. The first-order chi connectivity index (χ1) is 5.29. The van der Waals surface area contributed by atoms with E-state index in [0.717, 1.165) is 4.34 Å². The van der Waals surface area contributed by atoms with E-state index >= 15 is 0 Å². The standard InChI is InChI=1S/C9H7ClS/c1-6-7-4-2-3-5-8(7)9(10)11-6/h2-5H,1H3. The fourth-order valence-electron chi connectivity index (χ4n) is 1.21. The van der Waals surface area contributed by atoms with Crippen LogP contribution in [0.5, 0.6) is 0 Å². The molecule has 0 saturated heterocycles. The Morgan fingerprint density at radius 1 is 1.18 bits per heavy atom. The van der Waals surface area contributed by atoms with E-state index in [4.69, 9.17) is 11.6 Å². The Morgan fingerprint density at radius 3 is 2.45 bits per heavy atom. The minimum absolute atomic E-state index is 0.901. The van der Waals surface area contributed by atoms with Crippen molar-refractivity contribution in [2.45, 2.75) is 6.92 Å². The second kappa shape index (κ2) is 2.50. The summed E-state index contributed by atoms with van der Waals surface area (Å²) in [4.78, 5) is 1.30. The molecule has 1 aromatic heterocycles. The van der Waals surface area contributed by atoms with E-state index < -0.39 is 0 Å². The van der Waals surface area contributed by atoms with Crippen molar-refractivity contribution in [3.8, 4) is 0 Å². The molecule has 0 spiro atoms. The molecule has 0 N–H and O–H groups in total. The fourth-order valence-corrected chi connectivity index (χ4v) is 2.56. The van der Waals surface area contributed by atoms with Crippen molar-refractivity contribution in [3.05, 3.63) is 33.5 Å². The first-order valence-electron chi connectivity index (χ1n) is 3.42. The van der Waals surface area contributed by atoms with Gasteiger partial charge >= 0.3 is 0 Å². The van der Waals surface area contributed by atoms with Gasteiger partial charge in [-0.1, -0.05) is 35.9 Å². The van der Waals surface area contributed by atoms with E-state index in [9.17, 15) is 0 Å². The lowest BCUT2D eigenvalue weighted by Gasteiger charge is -1.87. The van der Waals surface area contributed by atoms with E-state index in [1.54, 1.807) is 11.3 Å². The minimum Gasteiger partial charge on any atom is -0.127 e. The van der Waals surface area contributed by atoms with Gasteiger partial charge in [0.1, 0.15) is 4.34 Å². The molecule has 0 nitrogen and oxygen atoms in total. The zero-order valence-corrected chi connectivity index (χ0v) is 7.67. The lowest BCUT2D eigenvalue weighted by atomic mass is 10.2. The van der Waals surface area contributed by atoms with Gasteiger partial charge in [-0.2, -0.15) is 0 Å². The van der Waals surface area contributed by atoms with Gasteiger partial charge in [-0.05, 0) is 12.3 Å². The maximum atomic E-state index is 6.00. The highest BCUT2D eigenvalue weighted by Gasteiger charge is 2.03. The third-order valence-corrected chi connectivity index (χ3v) is 3.12. The monoisotopic (exact) mass is 182 g/mol. The van der Waals surface area contributed by atoms with Gasteiger partial charge in [0.15, 0.2) is 0 Å². The lowest BCUT2D eigenvalue weighted by Crippen LogP contribution is -1.64. The van der Waals surface area contributed by atoms with Crippen LogP contribution in [0.2, 0.25) is 4.34 Å². The van der Waals surface area contributed by atoms with Crippen molar-refractivity contribution in [1.82, 2.24) is 0 Å². The average molecular weight is 183 g/mol.